The van der Waals surface area contributed by atoms with E-state index in [0.717, 1.165) is 12.7 Å². The molecule has 3 aromatic carbocycles. The lowest BCUT2D eigenvalue weighted by atomic mass is 9.84. The van der Waals surface area contributed by atoms with Gasteiger partial charge in [0.15, 0.2) is 0 Å². The van der Waals surface area contributed by atoms with Crippen LogP contribution in [0.5, 0.6) is 0 Å². The zero-order valence-electron chi connectivity index (χ0n) is 29.7. The molecule has 13 nitrogen and oxygen atoms in total. The Morgan fingerprint density at radius 2 is 0.939 bits per heavy atom. The van der Waals surface area contributed by atoms with Gasteiger partial charge in [0.2, 0.25) is 0 Å². The second-order valence-corrected chi connectivity index (χ2v) is 11.3. The normalized spacial score (nSPS) is 10.3. The molecule has 13 heteroatoms. The first-order valence-corrected chi connectivity index (χ1v) is 15.5. The summed E-state index contributed by atoms with van der Waals surface area (Å²) in [6.07, 6.45) is 0.145. The first kappa shape index (κ1) is 43.8. The molecule has 0 bridgehead atoms. The van der Waals surface area contributed by atoms with Crippen molar-refractivity contribution in [2.45, 2.75) is 72.6 Å². The van der Waals surface area contributed by atoms with E-state index in [1.807, 2.05) is 52.0 Å². The number of ether oxygens (including phenoxy) is 3. The fourth-order valence-corrected chi connectivity index (χ4v) is 3.94. The van der Waals surface area contributed by atoms with Crippen LogP contribution in [-0.2, 0) is 45.8 Å². The standard InChI is InChI=1S/C13H18O2.C12H15NO4.C10H11NO4.CH4O/c1-5-15-12(14)13(3,4)11-8-6-10(2)7-9-11;1-4-17-11(14)12(2,3)9-5-7-10(8-6-9)13(15)16;1-2-15-10(12)7-8-3-5-9(6-4-8)11(13)14;1-2/h6-9H,5H2,1-4H3;5-8H,4H2,1-3H3;3-6H,2,7H2,1H3;2H,1H3. The van der Waals surface area contributed by atoms with Crippen LogP contribution < -0.4 is 0 Å². The van der Waals surface area contributed by atoms with Gasteiger partial charge < -0.3 is 19.3 Å². The number of nitro groups is 2. The molecule has 0 amide bonds. The van der Waals surface area contributed by atoms with Gasteiger partial charge in [-0.05, 0) is 72.1 Å². The van der Waals surface area contributed by atoms with Crippen molar-refractivity contribution in [2.24, 2.45) is 0 Å². The molecule has 0 fully saturated rings. The van der Waals surface area contributed by atoms with Crippen molar-refractivity contribution in [2.75, 3.05) is 26.9 Å². The quantitative estimate of drug-likeness (QED) is 0.0995. The highest BCUT2D eigenvalue weighted by molar-refractivity contribution is 5.82. The number of carbonyl (C=O) groups is 3. The third-order valence-corrected chi connectivity index (χ3v) is 6.95. The van der Waals surface area contributed by atoms with Crippen LogP contribution >= 0.6 is 0 Å². The number of nitro benzene ring substituents is 2. The Labute approximate surface area is 287 Å². The second kappa shape index (κ2) is 21.7. The smallest absolute Gasteiger partial charge is 0.315 e. The molecule has 0 unspecified atom stereocenters. The summed E-state index contributed by atoms with van der Waals surface area (Å²) in [4.78, 5) is 54.4. The van der Waals surface area contributed by atoms with Crippen molar-refractivity contribution in [3.8, 4) is 0 Å². The van der Waals surface area contributed by atoms with Gasteiger partial charge in [-0.15, -0.1) is 0 Å². The van der Waals surface area contributed by atoms with Crippen molar-refractivity contribution in [3.63, 3.8) is 0 Å². The van der Waals surface area contributed by atoms with Crippen LogP contribution in [0.4, 0.5) is 11.4 Å². The summed E-state index contributed by atoms with van der Waals surface area (Å²) in [5, 5.41) is 27.9. The van der Waals surface area contributed by atoms with Crippen molar-refractivity contribution in [3.05, 3.63) is 115 Å². The van der Waals surface area contributed by atoms with E-state index in [1.165, 1.54) is 29.8 Å². The summed E-state index contributed by atoms with van der Waals surface area (Å²) in [6.45, 7) is 15.6. The molecule has 0 spiro atoms. The van der Waals surface area contributed by atoms with Crippen molar-refractivity contribution < 1.29 is 43.5 Å². The van der Waals surface area contributed by atoms with Gasteiger partial charge in [-0.2, -0.15) is 0 Å². The molecular weight excluding hydrogens is 636 g/mol. The van der Waals surface area contributed by atoms with Gasteiger partial charge in [0.25, 0.3) is 11.4 Å². The Bertz CT molecular complexity index is 1480. The number of aliphatic hydroxyl groups excluding tert-OH is 1. The number of aryl methyl sites for hydroxylation is 1. The Balaban J connectivity index is 0.000000689. The first-order valence-electron chi connectivity index (χ1n) is 15.5. The number of nitrogens with zero attached hydrogens (tertiary/aromatic N) is 2. The highest BCUT2D eigenvalue weighted by atomic mass is 16.6. The van der Waals surface area contributed by atoms with E-state index in [0.29, 0.717) is 30.9 Å². The van der Waals surface area contributed by atoms with Gasteiger partial charge in [0.1, 0.15) is 0 Å². The third kappa shape index (κ3) is 14.6. The lowest BCUT2D eigenvalue weighted by Crippen LogP contribution is -2.31. The van der Waals surface area contributed by atoms with Crippen LogP contribution in [0.3, 0.4) is 0 Å². The number of hydrogen-bond donors (Lipinski definition) is 1. The van der Waals surface area contributed by atoms with Crippen LogP contribution in [0.1, 0.15) is 70.7 Å². The topological polar surface area (TPSA) is 185 Å². The van der Waals surface area contributed by atoms with Crippen molar-refractivity contribution in [1.29, 1.82) is 0 Å². The number of hydrogen-bond acceptors (Lipinski definition) is 11. The van der Waals surface area contributed by atoms with Crippen LogP contribution in [0.25, 0.3) is 0 Å². The molecule has 1 N–H and O–H groups in total. The minimum absolute atomic E-state index is 0.00779. The molecule has 0 heterocycles. The molecule has 0 aliphatic carbocycles. The summed E-state index contributed by atoms with van der Waals surface area (Å²) >= 11 is 0. The summed E-state index contributed by atoms with van der Waals surface area (Å²) in [5.41, 5.74) is 2.25. The number of non-ortho nitro benzene ring substituents is 2. The Morgan fingerprint density at radius 1 is 0.612 bits per heavy atom. The molecule has 3 rings (SSSR count). The maximum Gasteiger partial charge on any atom is 0.315 e. The summed E-state index contributed by atoms with van der Waals surface area (Å²) in [7, 11) is 1.00. The van der Waals surface area contributed by atoms with Crippen LogP contribution in [0.2, 0.25) is 0 Å². The zero-order chi connectivity index (χ0) is 37.8. The minimum Gasteiger partial charge on any atom is -0.466 e. The van der Waals surface area contributed by atoms with Crippen molar-refractivity contribution in [1.82, 2.24) is 0 Å². The van der Waals surface area contributed by atoms with E-state index in [-0.39, 0.29) is 35.7 Å². The van der Waals surface area contributed by atoms with Gasteiger partial charge in [-0.1, -0.05) is 54.1 Å². The van der Waals surface area contributed by atoms with Gasteiger partial charge >= 0.3 is 17.9 Å². The highest BCUT2D eigenvalue weighted by Crippen LogP contribution is 2.27. The predicted octanol–water partition coefficient (Wildman–Crippen LogP) is 6.58. The molecule has 0 aliphatic heterocycles. The lowest BCUT2D eigenvalue weighted by molar-refractivity contribution is -0.385. The fourth-order valence-electron chi connectivity index (χ4n) is 3.94. The van der Waals surface area contributed by atoms with Crippen LogP contribution in [0.15, 0.2) is 72.8 Å². The Hall–Kier alpha value is -5.17. The third-order valence-electron chi connectivity index (χ3n) is 6.95. The molecule has 0 atom stereocenters. The van der Waals surface area contributed by atoms with Gasteiger partial charge in [-0.3, -0.25) is 34.6 Å². The number of benzene rings is 3. The predicted molar refractivity (Wildman–Crippen MR) is 185 cm³/mol. The maximum absolute atomic E-state index is 11.7. The molecule has 0 radical (unpaired) electrons. The van der Waals surface area contributed by atoms with Gasteiger partial charge in [0.05, 0.1) is 46.9 Å². The summed E-state index contributed by atoms with van der Waals surface area (Å²) in [5.74, 6) is -0.839. The molecule has 0 saturated carbocycles. The largest absolute Gasteiger partial charge is 0.466 e. The molecular formula is C36H48N2O11. The maximum atomic E-state index is 11.7. The summed E-state index contributed by atoms with van der Waals surface area (Å²) < 4.78 is 14.8. The molecule has 49 heavy (non-hydrogen) atoms. The Kier molecular flexibility index (Phi) is 19.4. The van der Waals surface area contributed by atoms with Crippen LogP contribution in [0, 0.1) is 27.2 Å². The molecule has 3 aromatic rings. The number of esters is 3. The molecule has 268 valence electrons. The number of aliphatic hydroxyl groups is 1. The van der Waals surface area contributed by atoms with E-state index in [1.54, 1.807) is 52.0 Å². The second-order valence-electron chi connectivity index (χ2n) is 11.3. The number of carbonyl (C=O) groups excluding carboxylic acids is 3. The molecule has 0 saturated heterocycles. The SMILES string of the molecule is CCOC(=O)C(C)(C)c1ccc(C)cc1.CCOC(=O)C(C)(C)c1ccc([N+](=O)[O-])cc1.CCOC(=O)Cc1ccc([N+](=O)[O-])cc1.CO. The van der Waals surface area contributed by atoms with E-state index < -0.39 is 20.7 Å². The molecule has 0 aromatic heterocycles. The monoisotopic (exact) mass is 684 g/mol. The summed E-state index contributed by atoms with van der Waals surface area (Å²) in [6, 6.07) is 19.7. The van der Waals surface area contributed by atoms with E-state index in [9.17, 15) is 34.6 Å². The average molecular weight is 685 g/mol. The van der Waals surface area contributed by atoms with Gasteiger partial charge in [0, 0.05) is 31.4 Å². The first-order chi connectivity index (χ1) is 23.0. The van der Waals surface area contributed by atoms with Crippen molar-refractivity contribution >= 4 is 29.3 Å². The van der Waals surface area contributed by atoms with E-state index >= 15 is 0 Å². The van der Waals surface area contributed by atoms with E-state index in [2.05, 4.69) is 0 Å². The Morgan fingerprint density at radius 3 is 1.27 bits per heavy atom. The molecule has 0 aliphatic rings. The fraction of sp³-hybridized carbons (Fsp3) is 0.417. The highest BCUT2D eigenvalue weighted by Gasteiger charge is 2.32. The van der Waals surface area contributed by atoms with Gasteiger partial charge in [-0.25, -0.2) is 0 Å². The van der Waals surface area contributed by atoms with E-state index in [4.69, 9.17) is 19.3 Å². The number of rotatable bonds is 11. The zero-order valence-corrected chi connectivity index (χ0v) is 29.7. The lowest BCUT2D eigenvalue weighted by Gasteiger charge is -2.22. The minimum atomic E-state index is -0.800. The van der Waals surface area contributed by atoms with Crippen LogP contribution in [-0.4, -0.2) is 59.8 Å². The average Bonchev–Trinajstić information content (AvgIpc) is 3.07.